The molecule has 1 N–H and O–H groups in total. The second-order valence-electron chi connectivity index (χ2n) is 10.1. The maximum atomic E-state index is 14.0. The van der Waals surface area contributed by atoms with Gasteiger partial charge in [-0.25, -0.2) is 8.42 Å². The Morgan fingerprint density at radius 3 is 2.30 bits per heavy atom. The summed E-state index contributed by atoms with van der Waals surface area (Å²) in [5.41, 5.74) is 0.726. The number of anilines is 1. The van der Waals surface area contributed by atoms with Crippen molar-refractivity contribution in [3.05, 3.63) is 52.0 Å². The molecule has 1 aliphatic heterocycles. The fraction of sp³-hybridized carbons (Fsp3) is 0.500. The van der Waals surface area contributed by atoms with E-state index >= 15 is 0 Å². The monoisotopic (exact) mass is 611 g/mol. The highest BCUT2D eigenvalue weighted by Gasteiger charge is 2.34. The van der Waals surface area contributed by atoms with Crippen LogP contribution in [0.5, 0.6) is 11.5 Å². The van der Waals surface area contributed by atoms with Crippen molar-refractivity contribution in [1.29, 1.82) is 0 Å². The number of halogens is 2. The van der Waals surface area contributed by atoms with Gasteiger partial charge in [-0.3, -0.25) is 13.9 Å². The molecule has 2 aliphatic rings. The first-order chi connectivity index (χ1) is 19.1. The quantitative estimate of drug-likeness (QED) is 0.414. The molecule has 1 aliphatic carbocycles. The topological polar surface area (TPSA) is 105 Å². The van der Waals surface area contributed by atoms with Gasteiger partial charge in [0.05, 0.1) is 11.9 Å². The molecular weight excluding hydrogens is 577 g/mol. The molecule has 1 atom stereocenters. The van der Waals surface area contributed by atoms with Crippen LogP contribution >= 0.6 is 23.2 Å². The van der Waals surface area contributed by atoms with Crippen LogP contribution in [0.15, 0.2) is 36.4 Å². The maximum Gasteiger partial charge on any atom is 0.244 e. The van der Waals surface area contributed by atoms with E-state index in [1.807, 2.05) is 6.92 Å². The number of amides is 2. The molecule has 4 rings (SSSR count). The van der Waals surface area contributed by atoms with E-state index in [2.05, 4.69) is 5.32 Å². The zero-order valence-electron chi connectivity index (χ0n) is 22.7. The summed E-state index contributed by atoms with van der Waals surface area (Å²) in [7, 11) is -3.90. The summed E-state index contributed by atoms with van der Waals surface area (Å²) in [4.78, 5) is 28.9. The molecule has 0 bridgehead atoms. The molecule has 0 unspecified atom stereocenters. The third kappa shape index (κ3) is 7.33. The number of carbonyl (C=O) groups excluding carboxylic acids is 2. The number of benzene rings is 2. The molecule has 0 radical (unpaired) electrons. The SMILES string of the molecule is CC[C@H](C(=O)NC1CCCCC1)N(Cc1c(Cl)cccc1Cl)C(=O)CN(c1ccc2c(c1)OCCO2)S(C)(=O)=O. The summed E-state index contributed by atoms with van der Waals surface area (Å²) < 4.78 is 38.0. The molecule has 0 aromatic heterocycles. The van der Waals surface area contributed by atoms with Gasteiger partial charge < -0.3 is 19.7 Å². The van der Waals surface area contributed by atoms with Gasteiger partial charge in [-0.15, -0.1) is 0 Å². The average molecular weight is 613 g/mol. The molecule has 2 amide bonds. The smallest absolute Gasteiger partial charge is 0.244 e. The molecule has 1 heterocycles. The van der Waals surface area contributed by atoms with Crippen molar-refractivity contribution in [2.45, 2.75) is 64.1 Å². The lowest BCUT2D eigenvalue weighted by atomic mass is 9.95. The van der Waals surface area contributed by atoms with Crippen molar-refractivity contribution in [2.75, 3.05) is 30.3 Å². The largest absolute Gasteiger partial charge is 0.486 e. The number of carbonyl (C=O) groups is 2. The molecule has 0 saturated heterocycles. The van der Waals surface area contributed by atoms with Crippen molar-refractivity contribution in [3.63, 3.8) is 0 Å². The summed E-state index contributed by atoms with van der Waals surface area (Å²) >= 11 is 12.9. The minimum atomic E-state index is -3.90. The number of nitrogens with zero attached hydrogens (tertiary/aromatic N) is 2. The average Bonchev–Trinajstić information content (AvgIpc) is 2.92. The highest BCUT2D eigenvalue weighted by molar-refractivity contribution is 7.92. The fourth-order valence-corrected chi connectivity index (χ4v) is 6.48. The van der Waals surface area contributed by atoms with Gasteiger partial charge in [0.2, 0.25) is 21.8 Å². The van der Waals surface area contributed by atoms with Gasteiger partial charge >= 0.3 is 0 Å². The Hall–Kier alpha value is -2.69. The molecule has 2 aromatic rings. The highest BCUT2D eigenvalue weighted by atomic mass is 35.5. The van der Waals surface area contributed by atoms with Crippen molar-refractivity contribution >= 4 is 50.7 Å². The number of hydrogen-bond acceptors (Lipinski definition) is 6. The number of fused-ring (bicyclic) bond motifs is 1. The van der Waals surface area contributed by atoms with Crippen LogP contribution in [0.2, 0.25) is 10.0 Å². The van der Waals surface area contributed by atoms with Crippen molar-refractivity contribution in [1.82, 2.24) is 10.2 Å². The Kier molecular flexibility index (Phi) is 10.1. The molecular formula is C28H35Cl2N3O6S. The van der Waals surface area contributed by atoms with E-state index in [0.29, 0.717) is 46.7 Å². The lowest BCUT2D eigenvalue weighted by Crippen LogP contribution is -2.54. The Balaban J connectivity index is 1.66. The zero-order valence-corrected chi connectivity index (χ0v) is 25.0. The lowest BCUT2D eigenvalue weighted by molar-refractivity contribution is -0.140. The van der Waals surface area contributed by atoms with Crippen LogP contribution in [0, 0.1) is 0 Å². The summed E-state index contributed by atoms with van der Waals surface area (Å²) in [6, 6.07) is 8.90. The van der Waals surface area contributed by atoms with Crippen LogP contribution in [0.3, 0.4) is 0 Å². The van der Waals surface area contributed by atoms with Gasteiger partial charge in [0.1, 0.15) is 25.8 Å². The molecule has 1 fully saturated rings. The molecule has 1 saturated carbocycles. The molecule has 9 nitrogen and oxygen atoms in total. The molecule has 0 spiro atoms. The Labute approximate surface area is 245 Å². The van der Waals surface area contributed by atoms with Gasteiger partial charge in [-0.1, -0.05) is 55.5 Å². The maximum absolute atomic E-state index is 14.0. The minimum Gasteiger partial charge on any atom is -0.486 e. The van der Waals surface area contributed by atoms with E-state index < -0.39 is 28.5 Å². The summed E-state index contributed by atoms with van der Waals surface area (Å²) in [6.07, 6.45) is 6.34. The van der Waals surface area contributed by atoms with Crippen LogP contribution in [-0.4, -0.2) is 63.2 Å². The molecule has 218 valence electrons. The van der Waals surface area contributed by atoms with Crippen LogP contribution < -0.4 is 19.1 Å². The Bertz CT molecular complexity index is 1310. The lowest BCUT2D eigenvalue weighted by Gasteiger charge is -2.34. The first-order valence-electron chi connectivity index (χ1n) is 13.5. The third-order valence-corrected chi connectivity index (χ3v) is 9.07. The number of ether oxygens (including phenoxy) is 2. The zero-order chi connectivity index (χ0) is 28.9. The van der Waals surface area contributed by atoms with E-state index in [1.54, 1.807) is 30.3 Å². The van der Waals surface area contributed by atoms with Crippen LogP contribution in [0.4, 0.5) is 5.69 Å². The highest BCUT2D eigenvalue weighted by Crippen LogP contribution is 2.35. The van der Waals surface area contributed by atoms with E-state index in [0.717, 1.165) is 42.7 Å². The van der Waals surface area contributed by atoms with Gasteiger partial charge in [0.15, 0.2) is 11.5 Å². The minimum absolute atomic E-state index is 0.0429. The van der Waals surface area contributed by atoms with E-state index in [4.69, 9.17) is 32.7 Å². The number of sulfonamides is 1. The van der Waals surface area contributed by atoms with Crippen LogP contribution in [0.25, 0.3) is 0 Å². The second kappa shape index (κ2) is 13.3. The predicted molar refractivity (Wildman–Crippen MR) is 156 cm³/mol. The fourth-order valence-electron chi connectivity index (χ4n) is 5.12. The predicted octanol–water partition coefficient (Wildman–Crippen LogP) is 4.79. The number of hydrogen-bond donors (Lipinski definition) is 1. The van der Waals surface area contributed by atoms with Gasteiger partial charge in [0.25, 0.3) is 0 Å². The Morgan fingerprint density at radius 2 is 1.68 bits per heavy atom. The first-order valence-corrected chi connectivity index (χ1v) is 16.1. The second-order valence-corrected chi connectivity index (χ2v) is 12.8. The van der Waals surface area contributed by atoms with Crippen LogP contribution in [-0.2, 0) is 26.2 Å². The molecule has 2 aromatic carbocycles. The van der Waals surface area contributed by atoms with Crippen molar-refractivity contribution in [2.24, 2.45) is 0 Å². The van der Waals surface area contributed by atoms with Crippen molar-refractivity contribution < 1.29 is 27.5 Å². The third-order valence-electron chi connectivity index (χ3n) is 7.22. The summed E-state index contributed by atoms with van der Waals surface area (Å²) in [5, 5.41) is 3.80. The van der Waals surface area contributed by atoms with Crippen LogP contribution in [0.1, 0.15) is 51.0 Å². The standard InChI is InChI=1S/C28H35Cl2N3O6S/c1-3-24(28(35)31-19-8-5-4-6-9-19)32(17-21-22(29)10-7-11-23(21)30)27(34)18-33(40(2,36)37)20-12-13-25-26(16-20)39-15-14-38-25/h7,10-13,16,19,24H,3-6,8-9,14-15,17-18H2,1-2H3,(H,31,35)/t24-/m1/s1. The van der Waals surface area contributed by atoms with E-state index in [9.17, 15) is 18.0 Å². The first kappa shape index (κ1) is 30.3. The van der Waals surface area contributed by atoms with Gasteiger partial charge in [0, 0.05) is 34.3 Å². The molecule has 40 heavy (non-hydrogen) atoms. The number of nitrogens with one attached hydrogen (secondary N) is 1. The number of rotatable bonds is 10. The summed E-state index contributed by atoms with van der Waals surface area (Å²) in [6.45, 7) is 1.94. The molecule has 12 heteroatoms. The summed E-state index contributed by atoms with van der Waals surface area (Å²) in [5.74, 6) is 0.0381. The van der Waals surface area contributed by atoms with Gasteiger partial charge in [-0.05, 0) is 43.5 Å². The van der Waals surface area contributed by atoms with E-state index in [-0.39, 0.29) is 24.2 Å². The van der Waals surface area contributed by atoms with E-state index in [1.165, 1.54) is 11.0 Å². The van der Waals surface area contributed by atoms with Crippen molar-refractivity contribution in [3.8, 4) is 11.5 Å². The Morgan fingerprint density at radius 1 is 1.02 bits per heavy atom. The normalized spacial score (nSPS) is 16.2. The van der Waals surface area contributed by atoms with Gasteiger partial charge in [-0.2, -0.15) is 0 Å².